The Morgan fingerprint density at radius 3 is 2.67 bits per heavy atom. The number of rotatable bonds is 5. The van der Waals surface area contributed by atoms with E-state index in [2.05, 4.69) is 5.32 Å². The van der Waals surface area contributed by atoms with Gasteiger partial charge >= 0.3 is 0 Å². The van der Waals surface area contributed by atoms with Gasteiger partial charge in [-0.05, 0) is 39.2 Å². The molecule has 2 heterocycles. The van der Waals surface area contributed by atoms with Crippen LogP contribution in [0.4, 0.5) is 0 Å². The molecule has 0 saturated carbocycles. The van der Waals surface area contributed by atoms with Gasteiger partial charge in [0, 0.05) is 16.6 Å². The first-order valence-corrected chi connectivity index (χ1v) is 8.85. The van der Waals surface area contributed by atoms with Crippen molar-refractivity contribution in [1.82, 2.24) is 10.2 Å². The molecule has 0 aliphatic carbocycles. The number of benzene rings is 1. The van der Waals surface area contributed by atoms with Crippen molar-refractivity contribution in [2.75, 3.05) is 20.6 Å². The van der Waals surface area contributed by atoms with Crippen LogP contribution < -0.4 is 5.32 Å². The van der Waals surface area contributed by atoms with Crippen LogP contribution in [0.3, 0.4) is 0 Å². The van der Waals surface area contributed by atoms with Crippen molar-refractivity contribution in [3.63, 3.8) is 0 Å². The van der Waals surface area contributed by atoms with E-state index in [1.807, 2.05) is 62.3 Å². The second kappa shape index (κ2) is 6.97. The lowest BCUT2D eigenvalue weighted by atomic mass is 10.2. The minimum atomic E-state index is -0.156. The van der Waals surface area contributed by atoms with Gasteiger partial charge in [-0.15, -0.1) is 11.3 Å². The Balaban J connectivity index is 1.77. The first-order valence-electron chi connectivity index (χ1n) is 7.65. The number of furan rings is 1. The van der Waals surface area contributed by atoms with E-state index in [4.69, 9.17) is 16.0 Å². The molecule has 0 bridgehead atoms. The number of nitrogens with zero attached hydrogens (tertiary/aromatic N) is 1. The van der Waals surface area contributed by atoms with E-state index in [-0.39, 0.29) is 11.9 Å². The molecule has 2 aromatic heterocycles. The van der Waals surface area contributed by atoms with E-state index < -0.39 is 0 Å². The van der Waals surface area contributed by atoms with Gasteiger partial charge in [0.25, 0.3) is 5.91 Å². The van der Waals surface area contributed by atoms with Gasteiger partial charge in [-0.3, -0.25) is 9.69 Å². The van der Waals surface area contributed by atoms with Gasteiger partial charge in [-0.25, -0.2) is 0 Å². The summed E-state index contributed by atoms with van der Waals surface area (Å²) in [6.07, 6.45) is 0. The zero-order chi connectivity index (χ0) is 17.3. The fourth-order valence-corrected chi connectivity index (χ4v) is 4.03. The lowest BCUT2D eigenvalue weighted by molar-refractivity contribution is 0.0943. The monoisotopic (exact) mass is 362 g/mol. The van der Waals surface area contributed by atoms with Gasteiger partial charge in [-0.1, -0.05) is 29.8 Å². The molecule has 1 atom stereocenters. The van der Waals surface area contributed by atoms with Crippen LogP contribution in [0.15, 0.2) is 40.8 Å². The first-order chi connectivity index (χ1) is 11.5. The van der Waals surface area contributed by atoms with Crippen LogP contribution in [0.1, 0.15) is 27.2 Å². The average Bonchev–Trinajstić information content (AvgIpc) is 3.12. The first kappa shape index (κ1) is 17.0. The van der Waals surface area contributed by atoms with E-state index in [9.17, 15) is 4.79 Å². The zero-order valence-corrected chi connectivity index (χ0v) is 15.4. The van der Waals surface area contributed by atoms with E-state index in [0.29, 0.717) is 16.4 Å². The van der Waals surface area contributed by atoms with Crippen molar-refractivity contribution in [3.05, 3.63) is 57.8 Å². The number of carbonyl (C=O) groups excluding carboxylic acids is 1. The molecule has 1 aromatic carbocycles. The molecule has 1 N–H and O–H groups in total. The Morgan fingerprint density at radius 1 is 1.29 bits per heavy atom. The normalized spacial score (nSPS) is 12.7. The molecule has 4 nitrogen and oxygen atoms in total. The molecule has 126 valence electrons. The number of amides is 1. The summed E-state index contributed by atoms with van der Waals surface area (Å²) in [5, 5.41) is 4.41. The van der Waals surface area contributed by atoms with Crippen molar-refractivity contribution in [2.24, 2.45) is 0 Å². The maximum Gasteiger partial charge on any atom is 0.263 e. The van der Waals surface area contributed by atoms with E-state index in [1.165, 1.54) is 11.3 Å². The van der Waals surface area contributed by atoms with Crippen LogP contribution in [0.5, 0.6) is 0 Å². The molecular formula is C18H19ClN2O2S. The highest BCUT2D eigenvalue weighted by Gasteiger charge is 2.21. The molecule has 0 spiro atoms. The highest BCUT2D eigenvalue weighted by Crippen LogP contribution is 2.35. The lowest BCUT2D eigenvalue weighted by Crippen LogP contribution is -2.34. The molecule has 0 saturated heterocycles. The predicted octanol–water partition coefficient (Wildman–Crippen LogP) is 4.49. The Bertz CT molecular complexity index is 869. The smallest absolute Gasteiger partial charge is 0.263 e. The van der Waals surface area contributed by atoms with Gasteiger partial charge in [0.2, 0.25) is 0 Å². The topological polar surface area (TPSA) is 45.5 Å². The largest absolute Gasteiger partial charge is 0.465 e. The number of hydrogen-bond acceptors (Lipinski definition) is 4. The highest BCUT2D eigenvalue weighted by atomic mass is 35.5. The van der Waals surface area contributed by atoms with Crippen LogP contribution >= 0.6 is 22.9 Å². The predicted molar refractivity (Wildman–Crippen MR) is 99.0 cm³/mol. The van der Waals surface area contributed by atoms with Crippen molar-refractivity contribution in [1.29, 1.82) is 0 Å². The number of hydrogen-bond donors (Lipinski definition) is 1. The second-order valence-electron chi connectivity index (χ2n) is 5.88. The third kappa shape index (κ3) is 3.34. The van der Waals surface area contributed by atoms with Gasteiger partial charge in [0.15, 0.2) is 0 Å². The van der Waals surface area contributed by atoms with Gasteiger partial charge in [-0.2, -0.15) is 0 Å². The molecule has 0 aliphatic heterocycles. The van der Waals surface area contributed by atoms with Gasteiger partial charge in [0.05, 0.1) is 11.1 Å². The summed E-state index contributed by atoms with van der Waals surface area (Å²) in [6, 6.07) is 11.6. The summed E-state index contributed by atoms with van der Waals surface area (Å²) < 4.78 is 6.71. The minimum Gasteiger partial charge on any atom is -0.465 e. The summed E-state index contributed by atoms with van der Waals surface area (Å²) in [7, 11) is 3.92. The number of aryl methyl sites for hydroxylation is 1. The molecule has 0 fully saturated rings. The van der Waals surface area contributed by atoms with Crippen molar-refractivity contribution < 1.29 is 9.21 Å². The second-order valence-corrected chi connectivity index (χ2v) is 7.31. The fraction of sp³-hybridized carbons (Fsp3) is 0.278. The molecule has 0 aliphatic rings. The van der Waals surface area contributed by atoms with Crippen LogP contribution in [-0.4, -0.2) is 31.4 Å². The van der Waals surface area contributed by atoms with E-state index in [1.54, 1.807) is 0 Å². The van der Waals surface area contributed by atoms with E-state index >= 15 is 0 Å². The molecule has 3 rings (SSSR count). The Labute approximate surface area is 150 Å². The minimum absolute atomic E-state index is 0.0317. The van der Waals surface area contributed by atoms with Crippen LogP contribution in [-0.2, 0) is 0 Å². The summed E-state index contributed by atoms with van der Waals surface area (Å²) in [5.41, 5.74) is 0. The van der Waals surface area contributed by atoms with Gasteiger partial charge in [0.1, 0.15) is 16.4 Å². The van der Waals surface area contributed by atoms with Crippen molar-refractivity contribution in [2.45, 2.75) is 13.0 Å². The van der Waals surface area contributed by atoms with Crippen LogP contribution in [0.25, 0.3) is 10.1 Å². The maximum absolute atomic E-state index is 12.6. The van der Waals surface area contributed by atoms with Crippen molar-refractivity contribution in [3.8, 4) is 0 Å². The third-order valence-corrected chi connectivity index (χ3v) is 5.58. The highest BCUT2D eigenvalue weighted by molar-refractivity contribution is 7.21. The fourth-order valence-electron chi connectivity index (χ4n) is 2.60. The molecular weight excluding hydrogens is 344 g/mol. The zero-order valence-electron chi connectivity index (χ0n) is 13.8. The summed E-state index contributed by atoms with van der Waals surface area (Å²) >= 11 is 7.78. The summed E-state index contributed by atoms with van der Waals surface area (Å²) in [6.45, 7) is 2.36. The number of thiophene rings is 1. The number of fused-ring (bicyclic) bond motifs is 1. The Hall–Kier alpha value is -1.82. The Morgan fingerprint density at radius 2 is 2.04 bits per heavy atom. The molecule has 6 heteroatoms. The molecule has 24 heavy (non-hydrogen) atoms. The molecule has 1 amide bonds. The standard InChI is InChI=1S/C18H19ClN2O2S/c1-11-8-9-14(23-11)13(21(2)3)10-20-18(22)17-16(19)12-6-4-5-7-15(12)24-17/h4-9,13H,10H2,1-3H3,(H,20,22). The number of carbonyl (C=O) groups is 1. The lowest BCUT2D eigenvalue weighted by Gasteiger charge is -2.22. The quantitative estimate of drug-likeness (QED) is 0.727. The molecule has 0 radical (unpaired) electrons. The van der Waals surface area contributed by atoms with Crippen molar-refractivity contribution >= 4 is 38.9 Å². The van der Waals surface area contributed by atoms with Gasteiger partial charge < -0.3 is 9.73 Å². The van der Waals surface area contributed by atoms with Crippen LogP contribution in [0.2, 0.25) is 5.02 Å². The molecule has 1 unspecified atom stereocenters. The summed E-state index contributed by atoms with van der Waals surface area (Å²) in [4.78, 5) is 15.1. The number of halogens is 1. The van der Waals surface area contributed by atoms with E-state index in [0.717, 1.165) is 21.6 Å². The van der Waals surface area contributed by atoms with Crippen LogP contribution in [0, 0.1) is 6.92 Å². The molecule has 3 aromatic rings. The average molecular weight is 363 g/mol. The SMILES string of the molecule is Cc1ccc(C(CNC(=O)c2sc3ccccc3c2Cl)N(C)C)o1. The number of nitrogens with one attached hydrogen (secondary N) is 1. The number of likely N-dealkylation sites (N-methyl/N-ethyl adjacent to an activating group) is 1. The Kier molecular flexibility index (Phi) is 4.94. The maximum atomic E-state index is 12.6. The summed E-state index contributed by atoms with van der Waals surface area (Å²) in [5.74, 6) is 1.53. The third-order valence-electron chi connectivity index (χ3n) is 3.91.